The van der Waals surface area contributed by atoms with E-state index in [0.29, 0.717) is 15.1 Å². The van der Waals surface area contributed by atoms with Crippen molar-refractivity contribution in [3.05, 3.63) is 47.1 Å². The van der Waals surface area contributed by atoms with Gasteiger partial charge in [0, 0.05) is 4.70 Å². The van der Waals surface area contributed by atoms with Crippen molar-refractivity contribution in [3.63, 3.8) is 0 Å². The fourth-order valence-electron chi connectivity index (χ4n) is 2.08. The molecular weight excluding hydrogens is 321 g/mol. The largest absolute Gasteiger partial charge is 0.480 e. The minimum Gasteiger partial charge on any atom is -0.480 e. The predicted molar refractivity (Wildman–Crippen MR) is 86.4 cm³/mol. The molecule has 0 saturated carbocycles. The third kappa shape index (κ3) is 3.94. The number of nitrogens with one attached hydrogen (secondary N) is 1. The maximum atomic E-state index is 13.3. The lowest BCUT2D eigenvalue weighted by Gasteiger charge is -2.14. The average Bonchev–Trinajstić information content (AvgIpc) is 2.82. The highest BCUT2D eigenvalue weighted by Gasteiger charge is 2.23. The summed E-state index contributed by atoms with van der Waals surface area (Å²) in [6, 6.07) is 3.12. The number of hydrogen-bond donors (Lipinski definition) is 2. The Balaban J connectivity index is 2.20. The number of rotatable bonds is 7. The van der Waals surface area contributed by atoms with Crippen molar-refractivity contribution >= 4 is 33.3 Å². The molecule has 23 heavy (non-hydrogen) atoms. The number of fused-ring (bicyclic) bond motifs is 1. The van der Waals surface area contributed by atoms with Gasteiger partial charge in [0.1, 0.15) is 5.82 Å². The molecular formula is C16H16FNO4S. The van der Waals surface area contributed by atoms with Crippen LogP contribution >= 0.6 is 11.3 Å². The summed E-state index contributed by atoms with van der Waals surface area (Å²) in [5.74, 6) is -2.09. The molecule has 1 aromatic heterocycles. The lowest BCUT2D eigenvalue weighted by atomic mass is 10.1. The molecule has 122 valence electrons. The monoisotopic (exact) mass is 337 g/mol. The first-order chi connectivity index (χ1) is 10.9. The van der Waals surface area contributed by atoms with Crippen LogP contribution in [0.4, 0.5) is 4.39 Å². The van der Waals surface area contributed by atoms with E-state index in [-0.39, 0.29) is 19.0 Å². The number of ether oxygens (including phenoxy) is 1. The summed E-state index contributed by atoms with van der Waals surface area (Å²) in [5, 5.41) is 12.3. The summed E-state index contributed by atoms with van der Waals surface area (Å²) in [7, 11) is 0. The highest BCUT2D eigenvalue weighted by molar-refractivity contribution is 7.21. The number of carboxylic acid groups (broad SMARTS) is 1. The molecule has 0 aliphatic rings. The van der Waals surface area contributed by atoms with Gasteiger partial charge in [0.2, 0.25) is 0 Å². The van der Waals surface area contributed by atoms with Crippen LogP contribution in [0, 0.1) is 12.7 Å². The Hall–Kier alpha value is -2.25. The maximum absolute atomic E-state index is 13.3. The molecule has 2 N–H and O–H groups in total. The molecule has 0 bridgehead atoms. The van der Waals surface area contributed by atoms with E-state index in [9.17, 15) is 14.0 Å². The molecule has 0 radical (unpaired) electrons. The van der Waals surface area contributed by atoms with Crippen molar-refractivity contribution in [2.75, 3.05) is 13.2 Å². The van der Waals surface area contributed by atoms with Gasteiger partial charge in [-0.2, -0.15) is 0 Å². The molecule has 7 heteroatoms. The van der Waals surface area contributed by atoms with Gasteiger partial charge in [0.15, 0.2) is 6.04 Å². The quantitative estimate of drug-likeness (QED) is 0.602. The Morgan fingerprint density at radius 2 is 2.26 bits per heavy atom. The summed E-state index contributed by atoms with van der Waals surface area (Å²) >= 11 is 1.13. The van der Waals surface area contributed by atoms with Gasteiger partial charge in [-0.05, 0) is 30.0 Å². The summed E-state index contributed by atoms with van der Waals surface area (Å²) in [5.41, 5.74) is 0.693. The fraction of sp³-hybridized carbons (Fsp3) is 0.250. The van der Waals surface area contributed by atoms with Gasteiger partial charge in [0.05, 0.1) is 18.1 Å². The molecule has 1 amide bonds. The number of hydrogen-bond acceptors (Lipinski definition) is 4. The van der Waals surface area contributed by atoms with Crippen molar-refractivity contribution < 1.29 is 23.8 Å². The van der Waals surface area contributed by atoms with E-state index < -0.39 is 17.9 Å². The summed E-state index contributed by atoms with van der Waals surface area (Å²) < 4.78 is 19.0. The number of aryl methyl sites for hydroxylation is 1. The van der Waals surface area contributed by atoms with Crippen LogP contribution in [0.1, 0.15) is 15.2 Å². The SMILES string of the molecule is C=CCOCC(NC(=O)c1sc2cc(F)ccc2c1C)C(=O)O. The normalized spacial score (nSPS) is 12.1. The van der Waals surface area contributed by atoms with Crippen LogP contribution in [0.2, 0.25) is 0 Å². The average molecular weight is 337 g/mol. The molecule has 1 atom stereocenters. The van der Waals surface area contributed by atoms with Gasteiger partial charge < -0.3 is 15.2 Å². The van der Waals surface area contributed by atoms with Gasteiger partial charge in [0.25, 0.3) is 5.91 Å². The second kappa shape index (κ2) is 7.34. The minimum atomic E-state index is -1.19. The molecule has 0 spiro atoms. The minimum absolute atomic E-state index is 0.161. The van der Waals surface area contributed by atoms with E-state index in [1.54, 1.807) is 13.0 Å². The lowest BCUT2D eigenvalue weighted by molar-refractivity contribution is -0.140. The van der Waals surface area contributed by atoms with Gasteiger partial charge in [-0.3, -0.25) is 4.79 Å². The smallest absolute Gasteiger partial charge is 0.328 e. The number of carbonyl (C=O) groups excluding carboxylic acids is 1. The van der Waals surface area contributed by atoms with E-state index in [1.807, 2.05) is 0 Å². The summed E-state index contributed by atoms with van der Waals surface area (Å²) in [4.78, 5) is 23.9. The Bertz CT molecular complexity index is 756. The van der Waals surface area contributed by atoms with Crippen LogP contribution in [0.3, 0.4) is 0 Å². The Morgan fingerprint density at radius 3 is 2.91 bits per heavy atom. The Kier molecular flexibility index (Phi) is 5.46. The fourth-order valence-corrected chi connectivity index (χ4v) is 3.22. The molecule has 1 heterocycles. The first-order valence-corrected chi connectivity index (χ1v) is 7.66. The number of carbonyl (C=O) groups is 2. The van der Waals surface area contributed by atoms with Crippen LogP contribution in [0.25, 0.3) is 10.1 Å². The Labute approximate surface area is 136 Å². The molecule has 0 saturated heterocycles. The van der Waals surface area contributed by atoms with E-state index in [4.69, 9.17) is 9.84 Å². The Morgan fingerprint density at radius 1 is 1.52 bits per heavy atom. The molecule has 0 fully saturated rings. The number of carboxylic acids is 1. The second-order valence-electron chi connectivity index (χ2n) is 4.89. The highest BCUT2D eigenvalue weighted by atomic mass is 32.1. The zero-order valence-electron chi connectivity index (χ0n) is 12.5. The second-order valence-corrected chi connectivity index (χ2v) is 5.94. The van der Waals surface area contributed by atoms with Gasteiger partial charge >= 0.3 is 5.97 Å². The van der Waals surface area contributed by atoms with E-state index >= 15 is 0 Å². The molecule has 2 rings (SSSR count). The predicted octanol–water partition coefficient (Wildman–Crippen LogP) is 2.73. The molecule has 5 nitrogen and oxygen atoms in total. The molecule has 2 aromatic rings. The summed E-state index contributed by atoms with van der Waals surface area (Å²) in [6.45, 7) is 5.25. The van der Waals surface area contributed by atoms with Crippen molar-refractivity contribution in [2.24, 2.45) is 0 Å². The molecule has 1 aromatic carbocycles. The van der Waals surface area contributed by atoms with Crippen LogP contribution in [-0.4, -0.2) is 36.2 Å². The lowest BCUT2D eigenvalue weighted by Crippen LogP contribution is -2.44. The standard InChI is InChI=1S/C16H16FNO4S/c1-3-6-22-8-12(16(20)21)18-15(19)14-9(2)11-5-4-10(17)7-13(11)23-14/h3-5,7,12H,1,6,8H2,2H3,(H,18,19)(H,20,21). The van der Waals surface area contributed by atoms with Crippen LogP contribution in [-0.2, 0) is 9.53 Å². The molecule has 0 aliphatic carbocycles. The van der Waals surface area contributed by atoms with E-state index in [0.717, 1.165) is 16.7 Å². The van der Waals surface area contributed by atoms with Crippen molar-refractivity contribution in [3.8, 4) is 0 Å². The zero-order chi connectivity index (χ0) is 17.0. The first kappa shape index (κ1) is 17.1. The van der Waals surface area contributed by atoms with E-state index in [1.165, 1.54) is 18.2 Å². The van der Waals surface area contributed by atoms with Crippen LogP contribution in [0.5, 0.6) is 0 Å². The number of thiophene rings is 1. The first-order valence-electron chi connectivity index (χ1n) is 6.85. The van der Waals surface area contributed by atoms with E-state index in [2.05, 4.69) is 11.9 Å². The van der Waals surface area contributed by atoms with Gasteiger partial charge in [-0.25, -0.2) is 9.18 Å². The number of benzene rings is 1. The molecule has 1 unspecified atom stereocenters. The van der Waals surface area contributed by atoms with Gasteiger partial charge in [-0.1, -0.05) is 12.1 Å². The van der Waals surface area contributed by atoms with Crippen molar-refractivity contribution in [1.82, 2.24) is 5.32 Å². The summed E-state index contributed by atoms with van der Waals surface area (Å²) in [6.07, 6.45) is 1.49. The topological polar surface area (TPSA) is 75.6 Å². The third-order valence-electron chi connectivity index (χ3n) is 3.23. The number of amides is 1. The van der Waals surface area contributed by atoms with Crippen molar-refractivity contribution in [2.45, 2.75) is 13.0 Å². The van der Waals surface area contributed by atoms with Gasteiger partial charge in [-0.15, -0.1) is 17.9 Å². The van der Waals surface area contributed by atoms with Crippen LogP contribution in [0.15, 0.2) is 30.9 Å². The highest BCUT2D eigenvalue weighted by Crippen LogP contribution is 2.31. The molecule has 0 aliphatic heterocycles. The maximum Gasteiger partial charge on any atom is 0.328 e. The zero-order valence-corrected chi connectivity index (χ0v) is 13.3. The van der Waals surface area contributed by atoms with Crippen LogP contribution < -0.4 is 5.32 Å². The number of halogens is 1. The third-order valence-corrected chi connectivity index (χ3v) is 4.48. The van der Waals surface area contributed by atoms with Crippen molar-refractivity contribution in [1.29, 1.82) is 0 Å². The number of aliphatic carboxylic acids is 1.